The summed E-state index contributed by atoms with van der Waals surface area (Å²) in [5.41, 5.74) is 11.3. The van der Waals surface area contributed by atoms with Crippen LogP contribution in [0.5, 0.6) is 0 Å². The zero-order valence-electron chi connectivity index (χ0n) is 27.2. The number of carbonyl (C=O) groups is 4. The molecule has 1 aliphatic heterocycles. The molecule has 46 heavy (non-hydrogen) atoms. The number of nitrogens with two attached hydrogens (primary N) is 1. The summed E-state index contributed by atoms with van der Waals surface area (Å²) >= 11 is 0. The van der Waals surface area contributed by atoms with Gasteiger partial charge in [0.2, 0.25) is 11.8 Å². The number of carboxylic acids is 2. The highest BCUT2D eigenvalue weighted by Gasteiger charge is 2.24. The Balaban J connectivity index is 1.69. The van der Waals surface area contributed by atoms with Crippen LogP contribution in [0.15, 0.2) is 36.4 Å². The van der Waals surface area contributed by atoms with E-state index in [4.69, 9.17) is 5.73 Å². The third-order valence-corrected chi connectivity index (χ3v) is 8.19. The number of carboxylic acid groups (broad SMARTS) is 2. The van der Waals surface area contributed by atoms with Crippen LogP contribution in [0.2, 0.25) is 0 Å². The normalized spacial score (nSPS) is 15.7. The topological polar surface area (TPSA) is 181 Å². The van der Waals surface area contributed by atoms with Gasteiger partial charge in [-0.15, -0.1) is 0 Å². The lowest BCUT2D eigenvalue weighted by Crippen LogP contribution is -2.49. The molecule has 3 rings (SSSR count). The van der Waals surface area contributed by atoms with E-state index in [-0.39, 0.29) is 31.4 Å². The molecule has 7 N–H and O–H groups in total. The fourth-order valence-corrected chi connectivity index (χ4v) is 5.46. The molecule has 13 heteroatoms. The van der Waals surface area contributed by atoms with Crippen LogP contribution < -0.4 is 21.7 Å². The third kappa shape index (κ3) is 12.0. The van der Waals surface area contributed by atoms with E-state index >= 15 is 0 Å². The van der Waals surface area contributed by atoms with Crippen molar-refractivity contribution < 1.29 is 29.4 Å². The van der Waals surface area contributed by atoms with Crippen molar-refractivity contribution in [3.8, 4) is 11.1 Å². The highest BCUT2D eigenvalue weighted by atomic mass is 16.4. The maximum atomic E-state index is 13.5. The molecular weight excluding hydrogens is 590 g/mol. The summed E-state index contributed by atoms with van der Waals surface area (Å²) in [4.78, 5) is 55.0. The van der Waals surface area contributed by atoms with E-state index < -0.39 is 18.0 Å². The van der Waals surface area contributed by atoms with Gasteiger partial charge in [-0.2, -0.15) is 0 Å². The molecule has 1 fully saturated rings. The Morgan fingerprint density at radius 3 is 1.80 bits per heavy atom. The molecule has 0 bridgehead atoms. The van der Waals surface area contributed by atoms with Gasteiger partial charge in [0.05, 0.1) is 19.6 Å². The second kappa shape index (κ2) is 18.2. The van der Waals surface area contributed by atoms with Crippen molar-refractivity contribution in [2.75, 3.05) is 83.5 Å². The SMILES string of the molecule is CNCCCCC(NC(=O)CN1CCN(CC(=O)O)CCN(CC(=O)O)CC1)C(=O)Nc1ccc(-c2ccc(N)c(C)c2)cc1C. The van der Waals surface area contributed by atoms with E-state index in [0.717, 1.165) is 47.3 Å². The van der Waals surface area contributed by atoms with E-state index in [1.807, 2.05) is 62.2 Å². The number of aryl methyl sites for hydroxylation is 2. The van der Waals surface area contributed by atoms with Gasteiger partial charge in [0, 0.05) is 50.6 Å². The maximum Gasteiger partial charge on any atom is 0.317 e. The molecule has 1 unspecified atom stereocenters. The number of rotatable bonds is 15. The van der Waals surface area contributed by atoms with Crippen LogP contribution in [0.4, 0.5) is 11.4 Å². The van der Waals surface area contributed by atoms with E-state index in [1.165, 1.54) is 0 Å². The quantitative estimate of drug-likeness (QED) is 0.123. The van der Waals surface area contributed by atoms with Crippen molar-refractivity contribution in [2.45, 2.75) is 39.2 Å². The summed E-state index contributed by atoms with van der Waals surface area (Å²) in [7, 11) is 1.87. The average Bonchev–Trinajstić information content (AvgIpc) is 3.08. The van der Waals surface area contributed by atoms with Crippen molar-refractivity contribution in [1.29, 1.82) is 0 Å². The number of hydrogen-bond acceptors (Lipinski definition) is 9. The van der Waals surface area contributed by atoms with Gasteiger partial charge in [-0.25, -0.2) is 0 Å². The average molecular weight is 640 g/mol. The molecule has 2 aromatic rings. The van der Waals surface area contributed by atoms with Crippen molar-refractivity contribution >= 4 is 35.1 Å². The number of nitrogens with one attached hydrogen (secondary N) is 3. The number of nitrogen functional groups attached to an aromatic ring is 1. The van der Waals surface area contributed by atoms with Crippen LogP contribution in [0, 0.1) is 13.8 Å². The molecular formula is C33H49N7O6. The molecule has 13 nitrogen and oxygen atoms in total. The Morgan fingerprint density at radius 2 is 1.30 bits per heavy atom. The molecule has 2 aromatic carbocycles. The lowest BCUT2D eigenvalue weighted by atomic mass is 10.00. The molecule has 0 saturated carbocycles. The van der Waals surface area contributed by atoms with Crippen molar-refractivity contribution in [2.24, 2.45) is 0 Å². The molecule has 0 radical (unpaired) electrons. The number of amides is 2. The summed E-state index contributed by atoms with van der Waals surface area (Å²) in [6.07, 6.45) is 2.03. The summed E-state index contributed by atoms with van der Waals surface area (Å²) in [5, 5.41) is 27.7. The first-order valence-corrected chi connectivity index (χ1v) is 15.8. The van der Waals surface area contributed by atoms with Gasteiger partial charge in [-0.1, -0.05) is 12.1 Å². The van der Waals surface area contributed by atoms with Crippen molar-refractivity contribution in [3.05, 3.63) is 47.5 Å². The first-order chi connectivity index (χ1) is 21.9. The molecule has 0 spiro atoms. The highest BCUT2D eigenvalue weighted by molar-refractivity contribution is 5.98. The Hall–Kier alpha value is -4.04. The van der Waals surface area contributed by atoms with Crippen LogP contribution in [-0.4, -0.2) is 127 Å². The molecule has 1 aliphatic rings. The van der Waals surface area contributed by atoms with E-state index in [2.05, 4.69) is 16.0 Å². The Bertz CT molecular complexity index is 1330. The van der Waals surface area contributed by atoms with Crippen LogP contribution in [0.3, 0.4) is 0 Å². The zero-order valence-corrected chi connectivity index (χ0v) is 27.2. The smallest absolute Gasteiger partial charge is 0.317 e. The molecule has 1 heterocycles. The number of unbranched alkanes of at least 4 members (excludes halogenated alkanes) is 1. The van der Waals surface area contributed by atoms with Crippen molar-refractivity contribution in [3.63, 3.8) is 0 Å². The number of benzene rings is 2. The highest BCUT2D eigenvalue weighted by Crippen LogP contribution is 2.27. The molecule has 0 aliphatic carbocycles. The van der Waals surface area contributed by atoms with E-state index in [1.54, 1.807) is 9.80 Å². The van der Waals surface area contributed by atoms with E-state index in [0.29, 0.717) is 51.4 Å². The predicted molar refractivity (Wildman–Crippen MR) is 179 cm³/mol. The van der Waals surface area contributed by atoms with Gasteiger partial charge in [0.1, 0.15) is 6.04 Å². The lowest BCUT2D eigenvalue weighted by Gasteiger charge is -2.26. The van der Waals surface area contributed by atoms with Gasteiger partial charge in [0.25, 0.3) is 0 Å². The minimum absolute atomic E-state index is 0.00313. The van der Waals surface area contributed by atoms with Gasteiger partial charge >= 0.3 is 11.9 Å². The Labute approximate surface area is 271 Å². The monoisotopic (exact) mass is 639 g/mol. The minimum Gasteiger partial charge on any atom is -0.480 e. The predicted octanol–water partition coefficient (Wildman–Crippen LogP) is 1.45. The van der Waals surface area contributed by atoms with Gasteiger partial charge in [-0.05, 0) is 93.2 Å². The fraction of sp³-hybridized carbons (Fsp3) is 0.515. The van der Waals surface area contributed by atoms with E-state index in [9.17, 15) is 29.4 Å². The number of carbonyl (C=O) groups excluding carboxylic acids is 2. The number of anilines is 2. The maximum absolute atomic E-state index is 13.5. The molecule has 0 aromatic heterocycles. The molecule has 1 atom stereocenters. The zero-order chi connectivity index (χ0) is 33.6. The number of aliphatic carboxylic acids is 2. The third-order valence-electron chi connectivity index (χ3n) is 8.19. The molecule has 252 valence electrons. The summed E-state index contributed by atoms with van der Waals surface area (Å²) in [6, 6.07) is 10.9. The first kappa shape index (κ1) is 36.4. The number of hydrogen-bond donors (Lipinski definition) is 6. The minimum atomic E-state index is -0.967. The van der Waals surface area contributed by atoms with Crippen LogP contribution in [-0.2, 0) is 19.2 Å². The van der Waals surface area contributed by atoms with Crippen LogP contribution in [0.1, 0.15) is 30.4 Å². The van der Waals surface area contributed by atoms with Gasteiger partial charge in [-0.3, -0.25) is 33.9 Å². The van der Waals surface area contributed by atoms with Gasteiger partial charge < -0.3 is 31.9 Å². The van der Waals surface area contributed by atoms with Crippen molar-refractivity contribution in [1.82, 2.24) is 25.3 Å². The second-order valence-corrected chi connectivity index (χ2v) is 11.9. The largest absolute Gasteiger partial charge is 0.480 e. The van der Waals surface area contributed by atoms with Crippen LogP contribution in [0.25, 0.3) is 11.1 Å². The lowest BCUT2D eigenvalue weighted by molar-refractivity contribution is -0.140. The summed E-state index contributed by atoms with van der Waals surface area (Å²) in [5.74, 6) is -2.56. The first-order valence-electron chi connectivity index (χ1n) is 15.8. The van der Waals surface area contributed by atoms with Crippen LogP contribution >= 0.6 is 0 Å². The molecule has 2 amide bonds. The Kier molecular flexibility index (Phi) is 14.4. The number of nitrogens with zero attached hydrogens (tertiary/aromatic N) is 3. The second-order valence-electron chi connectivity index (χ2n) is 11.9. The van der Waals surface area contributed by atoms with Gasteiger partial charge in [0.15, 0.2) is 0 Å². The summed E-state index contributed by atoms with van der Waals surface area (Å²) < 4.78 is 0. The standard InChI is InChI=1S/C33H49N7O6/c1-23-18-25(7-9-27(23)34)26-8-10-28(24(2)19-26)37-33(46)29(6-4-5-11-35-3)36-30(41)20-38-12-14-39(21-31(42)43)16-17-40(15-13-38)22-32(44)45/h7-10,18-19,29,35H,4-6,11-17,20-22,34H2,1-3H3,(H,36,41)(H,37,46)(H,42,43)(H,44,45). The fourth-order valence-electron chi connectivity index (χ4n) is 5.46. The summed E-state index contributed by atoms with van der Waals surface area (Å²) in [6.45, 7) is 6.85. The molecule has 1 saturated heterocycles. The Morgan fingerprint density at radius 1 is 0.783 bits per heavy atom.